The number of benzene rings is 1. The van der Waals surface area contributed by atoms with Crippen molar-refractivity contribution >= 4 is 28.4 Å². The van der Waals surface area contributed by atoms with E-state index in [9.17, 15) is 9.59 Å². The number of hydrogen-bond donors (Lipinski definition) is 2. The first-order valence-electron chi connectivity index (χ1n) is 8.07. The topological polar surface area (TPSA) is 88.8 Å². The van der Waals surface area contributed by atoms with Crippen LogP contribution in [0.15, 0.2) is 22.8 Å². The van der Waals surface area contributed by atoms with Crippen molar-refractivity contribution in [1.82, 2.24) is 5.32 Å². The Morgan fingerprint density at radius 2 is 2.08 bits per heavy atom. The van der Waals surface area contributed by atoms with Gasteiger partial charge in [-0.15, -0.1) is 0 Å². The molecule has 1 heterocycles. The van der Waals surface area contributed by atoms with Crippen molar-refractivity contribution in [3.05, 3.63) is 35.1 Å². The molecule has 0 radical (unpaired) electrons. The van der Waals surface area contributed by atoms with E-state index in [2.05, 4.69) is 5.32 Å². The van der Waals surface area contributed by atoms with Crippen LogP contribution in [0.25, 0.3) is 16.5 Å². The molecule has 134 valence electrons. The van der Waals surface area contributed by atoms with E-state index in [1.54, 1.807) is 27.2 Å². The molecule has 0 saturated heterocycles. The molecule has 6 nitrogen and oxygen atoms in total. The lowest BCUT2D eigenvalue weighted by Gasteiger charge is -2.14. The maximum absolute atomic E-state index is 12.2. The van der Waals surface area contributed by atoms with Gasteiger partial charge in [0.15, 0.2) is 0 Å². The number of hydrogen-bond acceptors (Lipinski definition) is 4. The fourth-order valence-corrected chi connectivity index (χ4v) is 2.82. The molecule has 0 spiro atoms. The molecule has 1 atom stereocenters. The Morgan fingerprint density at radius 3 is 2.64 bits per heavy atom. The molecule has 1 amide bonds. The van der Waals surface area contributed by atoms with Gasteiger partial charge in [-0.2, -0.15) is 0 Å². The highest BCUT2D eigenvalue weighted by atomic mass is 16.5. The van der Waals surface area contributed by atoms with Crippen LogP contribution in [-0.2, 0) is 9.59 Å². The number of fused-ring (bicyclic) bond motifs is 1. The molecular formula is C19H23NO5. The highest BCUT2D eigenvalue weighted by Crippen LogP contribution is 2.37. The lowest BCUT2D eigenvalue weighted by atomic mass is 9.98. The third kappa shape index (κ3) is 3.68. The minimum absolute atomic E-state index is 0.316. The van der Waals surface area contributed by atoms with E-state index in [1.165, 1.54) is 6.08 Å². The lowest BCUT2D eigenvalue weighted by Crippen LogP contribution is -2.39. The minimum Gasteiger partial charge on any atom is -0.496 e. The van der Waals surface area contributed by atoms with Gasteiger partial charge in [-0.25, -0.2) is 4.79 Å². The largest absolute Gasteiger partial charge is 0.496 e. The number of aliphatic carboxylic acids is 1. The van der Waals surface area contributed by atoms with Gasteiger partial charge < -0.3 is 19.6 Å². The molecule has 6 heteroatoms. The molecule has 0 bridgehead atoms. The van der Waals surface area contributed by atoms with Crippen molar-refractivity contribution in [3.63, 3.8) is 0 Å². The number of carboxylic acid groups (broad SMARTS) is 1. The van der Waals surface area contributed by atoms with Gasteiger partial charge in [0.25, 0.3) is 0 Å². The summed E-state index contributed by atoms with van der Waals surface area (Å²) in [6, 6.07) is 1.02. The summed E-state index contributed by atoms with van der Waals surface area (Å²) in [5.41, 5.74) is 4.06. The van der Waals surface area contributed by atoms with Crippen LogP contribution in [0.2, 0.25) is 0 Å². The molecule has 1 aromatic heterocycles. The zero-order valence-corrected chi connectivity index (χ0v) is 15.1. The van der Waals surface area contributed by atoms with Gasteiger partial charge in [0.1, 0.15) is 17.4 Å². The van der Waals surface area contributed by atoms with E-state index < -0.39 is 17.9 Å². The minimum atomic E-state index is -1.05. The van der Waals surface area contributed by atoms with E-state index >= 15 is 0 Å². The Hall–Kier alpha value is -2.76. The summed E-state index contributed by atoms with van der Waals surface area (Å²) in [5.74, 6) is -0.866. The number of rotatable bonds is 6. The number of methoxy groups -OCH3 is 1. The number of carbonyl (C=O) groups excluding carboxylic acids is 1. The van der Waals surface area contributed by atoms with Crippen molar-refractivity contribution in [2.24, 2.45) is 0 Å². The van der Waals surface area contributed by atoms with Crippen molar-refractivity contribution in [1.29, 1.82) is 0 Å². The second kappa shape index (κ2) is 7.42. The van der Waals surface area contributed by atoms with Crippen molar-refractivity contribution in [3.8, 4) is 5.75 Å². The van der Waals surface area contributed by atoms with Crippen LogP contribution >= 0.6 is 0 Å². The predicted octanol–water partition coefficient (Wildman–Crippen LogP) is 3.44. The van der Waals surface area contributed by atoms with Gasteiger partial charge in [-0.05, 0) is 44.4 Å². The lowest BCUT2D eigenvalue weighted by molar-refractivity contribution is -0.141. The fraction of sp³-hybridized carbons (Fsp3) is 0.368. The van der Waals surface area contributed by atoms with Crippen LogP contribution in [0.4, 0.5) is 0 Å². The predicted molar refractivity (Wildman–Crippen MR) is 95.7 cm³/mol. The normalized spacial score (nSPS) is 12.9. The monoisotopic (exact) mass is 345 g/mol. The van der Waals surface area contributed by atoms with Gasteiger partial charge in [-0.1, -0.05) is 6.92 Å². The van der Waals surface area contributed by atoms with Crippen LogP contribution in [0.1, 0.15) is 37.0 Å². The average Bonchev–Trinajstić information content (AvgIpc) is 2.93. The van der Waals surface area contributed by atoms with Gasteiger partial charge in [0.2, 0.25) is 5.91 Å². The van der Waals surface area contributed by atoms with Gasteiger partial charge >= 0.3 is 5.97 Å². The first-order valence-corrected chi connectivity index (χ1v) is 8.07. The number of ether oxygens (including phenoxy) is 1. The summed E-state index contributed by atoms with van der Waals surface area (Å²) >= 11 is 0. The number of carboxylic acids is 1. The van der Waals surface area contributed by atoms with Crippen LogP contribution in [-0.4, -0.2) is 30.1 Å². The van der Waals surface area contributed by atoms with Gasteiger partial charge in [0.05, 0.1) is 13.4 Å². The molecule has 2 rings (SSSR count). The van der Waals surface area contributed by atoms with Crippen molar-refractivity contribution in [2.75, 3.05) is 7.11 Å². The SMILES string of the molecule is CCC(NC(=O)/C=C(\C)c1cc2c(C)coc2c(C)c1OC)C(=O)O. The molecular weight excluding hydrogens is 322 g/mol. The maximum atomic E-state index is 12.2. The van der Waals surface area contributed by atoms with Crippen LogP contribution in [0.5, 0.6) is 5.75 Å². The Bertz CT molecular complexity index is 847. The van der Waals surface area contributed by atoms with E-state index in [1.807, 2.05) is 19.9 Å². The first kappa shape index (κ1) is 18.6. The summed E-state index contributed by atoms with van der Waals surface area (Å²) in [6.45, 7) is 7.35. The van der Waals surface area contributed by atoms with Crippen LogP contribution in [0, 0.1) is 13.8 Å². The second-order valence-corrected chi connectivity index (χ2v) is 6.01. The number of nitrogens with one attached hydrogen (secondary N) is 1. The molecule has 0 aliphatic heterocycles. The van der Waals surface area contributed by atoms with Crippen molar-refractivity contribution < 1.29 is 23.8 Å². The van der Waals surface area contributed by atoms with Crippen LogP contribution in [0.3, 0.4) is 0 Å². The van der Waals surface area contributed by atoms with E-state index in [0.717, 1.165) is 27.7 Å². The third-order valence-electron chi connectivity index (χ3n) is 4.24. The van der Waals surface area contributed by atoms with Gasteiger partial charge in [0, 0.05) is 22.6 Å². The van der Waals surface area contributed by atoms with E-state index in [4.69, 9.17) is 14.3 Å². The zero-order chi connectivity index (χ0) is 18.7. The summed E-state index contributed by atoms with van der Waals surface area (Å²) in [5, 5.41) is 12.5. The van der Waals surface area contributed by atoms with Crippen molar-refractivity contribution in [2.45, 2.75) is 40.2 Å². The molecule has 0 fully saturated rings. The smallest absolute Gasteiger partial charge is 0.326 e. The summed E-state index contributed by atoms with van der Waals surface area (Å²) < 4.78 is 11.1. The number of amides is 1. The zero-order valence-electron chi connectivity index (χ0n) is 15.1. The Labute approximate surface area is 146 Å². The number of aryl methyl sites for hydroxylation is 2. The quantitative estimate of drug-likeness (QED) is 0.783. The average molecular weight is 345 g/mol. The molecule has 25 heavy (non-hydrogen) atoms. The molecule has 1 unspecified atom stereocenters. The molecule has 2 N–H and O–H groups in total. The molecule has 0 saturated carbocycles. The van der Waals surface area contributed by atoms with Crippen LogP contribution < -0.4 is 10.1 Å². The molecule has 1 aromatic carbocycles. The maximum Gasteiger partial charge on any atom is 0.326 e. The first-order chi connectivity index (χ1) is 11.8. The standard InChI is InChI=1S/C19H23NO5/c1-6-15(19(22)23)20-16(21)7-10(2)13-8-14-11(3)9-25-18(14)12(4)17(13)24-5/h7-9,15H,6H2,1-5H3,(H,20,21)(H,22,23)/b10-7+. The number of carbonyl (C=O) groups is 2. The van der Waals surface area contributed by atoms with E-state index in [0.29, 0.717) is 17.7 Å². The van der Waals surface area contributed by atoms with Gasteiger partial charge in [-0.3, -0.25) is 4.79 Å². The van der Waals surface area contributed by atoms with E-state index in [-0.39, 0.29) is 0 Å². The third-order valence-corrected chi connectivity index (χ3v) is 4.24. The summed E-state index contributed by atoms with van der Waals surface area (Å²) in [7, 11) is 1.57. The second-order valence-electron chi connectivity index (χ2n) is 6.01. The Morgan fingerprint density at radius 1 is 1.40 bits per heavy atom. The summed E-state index contributed by atoms with van der Waals surface area (Å²) in [6.07, 6.45) is 3.39. The molecule has 2 aromatic rings. The number of allylic oxidation sites excluding steroid dienone is 1. The highest BCUT2D eigenvalue weighted by molar-refractivity contribution is 5.99. The summed E-state index contributed by atoms with van der Waals surface area (Å²) in [4.78, 5) is 23.2. The molecule has 0 aliphatic rings. The fourth-order valence-electron chi connectivity index (χ4n) is 2.82. The molecule has 0 aliphatic carbocycles. The highest BCUT2D eigenvalue weighted by Gasteiger charge is 2.19. The Kier molecular flexibility index (Phi) is 5.51. The Balaban J connectivity index is 2.44. The number of furan rings is 1.